The van der Waals surface area contributed by atoms with E-state index in [0.29, 0.717) is 17.5 Å². The number of nitrogens with two attached hydrogens (primary N) is 1. The summed E-state index contributed by atoms with van der Waals surface area (Å²) < 4.78 is 0. The molecule has 2 rings (SSSR count). The number of nitrogens with one attached hydrogen (secondary N) is 1. The molecule has 15 heavy (non-hydrogen) atoms. The first-order valence-electron chi connectivity index (χ1n) is 4.80. The van der Waals surface area contributed by atoms with Crippen LogP contribution in [0.3, 0.4) is 0 Å². The molecule has 80 valence electrons. The first-order valence-corrected chi connectivity index (χ1v) is 5.18. The highest BCUT2D eigenvalue weighted by Gasteiger charge is 2.48. The average Bonchev–Trinajstić information content (AvgIpc) is 2.98. The predicted molar refractivity (Wildman–Crippen MR) is 58.6 cm³/mol. The standard InChI is InChI=1S/C10H12ClN3O/c11-7-2-1-3-8(13-7)14-9(15)10(6-12)4-5-10/h1-3H,4-6,12H2,(H,13,14,15). The van der Waals surface area contributed by atoms with E-state index in [0.717, 1.165) is 12.8 Å². The van der Waals surface area contributed by atoms with Crippen molar-refractivity contribution in [1.29, 1.82) is 0 Å². The van der Waals surface area contributed by atoms with Gasteiger partial charge in [0.05, 0.1) is 5.41 Å². The molecule has 0 aliphatic heterocycles. The molecule has 0 spiro atoms. The minimum Gasteiger partial charge on any atom is -0.329 e. The van der Waals surface area contributed by atoms with Crippen LogP contribution in [0.1, 0.15) is 12.8 Å². The van der Waals surface area contributed by atoms with Gasteiger partial charge in [-0.1, -0.05) is 17.7 Å². The summed E-state index contributed by atoms with van der Waals surface area (Å²) in [4.78, 5) is 15.7. The summed E-state index contributed by atoms with van der Waals surface area (Å²) in [5.74, 6) is 0.423. The molecule has 4 nitrogen and oxygen atoms in total. The maximum absolute atomic E-state index is 11.8. The van der Waals surface area contributed by atoms with Gasteiger partial charge < -0.3 is 11.1 Å². The zero-order chi connectivity index (χ0) is 10.9. The fourth-order valence-electron chi connectivity index (χ4n) is 1.40. The normalized spacial score (nSPS) is 17.2. The third-order valence-electron chi connectivity index (χ3n) is 2.68. The number of hydrogen-bond acceptors (Lipinski definition) is 3. The third kappa shape index (κ3) is 2.11. The minimum absolute atomic E-state index is 0.0558. The number of aromatic nitrogens is 1. The van der Waals surface area contributed by atoms with E-state index in [2.05, 4.69) is 10.3 Å². The molecule has 0 atom stereocenters. The Labute approximate surface area is 92.8 Å². The average molecular weight is 226 g/mol. The molecule has 1 aliphatic rings. The first kappa shape index (κ1) is 10.4. The minimum atomic E-state index is -0.357. The lowest BCUT2D eigenvalue weighted by atomic mass is 10.1. The summed E-state index contributed by atoms with van der Waals surface area (Å²) in [7, 11) is 0. The smallest absolute Gasteiger partial charge is 0.233 e. The summed E-state index contributed by atoms with van der Waals surface area (Å²) in [5.41, 5.74) is 5.19. The number of nitrogens with zero attached hydrogens (tertiary/aromatic N) is 1. The molecule has 5 heteroatoms. The maximum atomic E-state index is 11.8. The van der Waals surface area contributed by atoms with Crippen LogP contribution in [0, 0.1) is 5.41 Å². The molecule has 0 radical (unpaired) electrons. The van der Waals surface area contributed by atoms with Crippen molar-refractivity contribution < 1.29 is 4.79 Å². The highest BCUT2D eigenvalue weighted by molar-refractivity contribution is 6.29. The molecule has 1 aromatic heterocycles. The lowest BCUT2D eigenvalue weighted by Gasteiger charge is -2.11. The van der Waals surface area contributed by atoms with Crippen molar-refractivity contribution in [3.63, 3.8) is 0 Å². The number of carbonyl (C=O) groups is 1. The van der Waals surface area contributed by atoms with Crippen molar-refractivity contribution in [1.82, 2.24) is 4.98 Å². The van der Waals surface area contributed by atoms with E-state index in [1.807, 2.05) is 0 Å². The van der Waals surface area contributed by atoms with Crippen LogP contribution in [0.5, 0.6) is 0 Å². The number of hydrogen-bond donors (Lipinski definition) is 2. The number of rotatable bonds is 3. The van der Waals surface area contributed by atoms with Crippen LogP contribution in [-0.4, -0.2) is 17.4 Å². The van der Waals surface area contributed by atoms with Crippen molar-refractivity contribution in [3.05, 3.63) is 23.4 Å². The lowest BCUT2D eigenvalue weighted by Crippen LogP contribution is -2.31. The Kier molecular flexibility index (Phi) is 2.63. The van der Waals surface area contributed by atoms with Crippen LogP contribution in [0.25, 0.3) is 0 Å². The van der Waals surface area contributed by atoms with Crippen molar-refractivity contribution in [2.45, 2.75) is 12.8 Å². The maximum Gasteiger partial charge on any atom is 0.233 e. The van der Waals surface area contributed by atoms with Crippen LogP contribution in [-0.2, 0) is 4.79 Å². The van der Waals surface area contributed by atoms with E-state index < -0.39 is 0 Å². The number of halogens is 1. The second-order valence-electron chi connectivity index (χ2n) is 3.78. The molecule has 3 N–H and O–H groups in total. The predicted octanol–water partition coefficient (Wildman–Crippen LogP) is 1.41. The second-order valence-corrected chi connectivity index (χ2v) is 4.17. The number of carbonyl (C=O) groups excluding carboxylic acids is 1. The Morgan fingerprint density at radius 2 is 2.33 bits per heavy atom. The summed E-state index contributed by atoms with van der Waals surface area (Å²) >= 11 is 5.70. The van der Waals surface area contributed by atoms with Gasteiger partial charge in [-0.15, -0.1) is 0 Å². The van der Waals surface area contributed by atoms with Crippen molar-refractivity contribution in [2.75, 3.05) is 11.9 Å². The molecule has 0 saturated heterocycles. The number of pyridine rings is 1. The van der Waals surface area contributed by atoms with Crippen molar-refractivity contribution in [2.24, 2.45) is 11.1 Å². The number of amides is 1. The highest BCUT2D eigenvalue weighted by atomic mass is 35.5. The van der Waals surface area contributed by atoms with Crippen LogP contribution in [0.4, 0.5) is 5.82 Å². The molecule has 1 amide bonds. The monoisotopic (exact) mass is 225 g/mol. The van der Waals surface area contributed by atoms with E-state index in [1.165, 1.54) is 0 Å². The van der Waals surface area contributed by atoms with Gasteiger partial charge in [0.1, 0.15) is 11.0 Å². The van der Waals surface area contributed by atoms with Crippen molar-refractivity contribution in [3.8, 4) is 0 Å². The van der Waals surface area contributed by atoms with E-state index in [9.17, 15) is 4.79 Å². The van der Waals surface area contributed by atoms with Gasteiger partial charge in [-0.25, -0.2) is 4.98 Å². The highest BCUT2D eigenvalue weighted by Crippen LogP contribution is 2.45. The van der Waals surface area contributed by atoms with Gasteiger partial charge >= 0.3 is 0 Å². The molecule has 0 aromatic carbocycles. The Morgan fingerprint density at radius 3 is 2.87 bits per heavy atom. The molecule has 1 aromatic rings. The van der Waals surface area contributed by atoms with Crippen LogP contribution < -0.4 is 11.1 Å². The molecule has 1 fully saturated rings. The van der Waals surface area contributed by atoms with Gasteiger partial charge in [-0.3, -0.25) is 4.79 Å². The van der Waals surface area contributed by atoms with Crippen LogP contribution in [0.15, 0.2) is 18.2 Å². The summed E-state index contributed by atoms with van der Waals surface area (Å²) in [6, 6.07) is 5.11. The fraction of sp³-hybridized carbons (Fsp3) is 0.400. The van der Waals surface area contributed by atoms with E-state index in [1.54, 1.807) is 18.2 Å². The fourth-order valence-corrected chi connectivity index (χ4v) is 1.57. The quantitative estimate of drug-likeness (QED) is 0.765. The Bertz CT molecular complexity index is 390. The summed E-state index contributed by atoms with van der Waals surface area (Å²) in [6.07, 6.45) is 1.71. The first-order chi connectivity index (χ1) is 7.16. The third-order valence-corrected chi connectivity index (χ3v) is 2.89. The Morgan fingerprint density at radius 1 is 1.60 bits per heavy atom. The van der Waals surface area contributed by atoms with Gasteiger partial charge in [-0.05, 0) is 25.0 Å². The second kappa shape index (κ2) is 3.79. The summed E-state index contributed by atoms with van der Waals surface area (Å²) in [5, 5.41) is 3.09. The van der Waals surface area contributed by atoms with Crippen molar-refractivity contribution >= 4 is 23.3 Å². The van der Waals surface area contributed by atoms with E-state index in [-0.39, 0.29) is 11.3 Å². The Balaban J connectivity index is 2.06. The van der Waals surface area contributed by atoms with Crippen LogP contribution in [0.2, 0.25) is 5.15 Å². The van der Waals surface area contributed by atoms with E-state index in [4.69, 9.17) is 17.3 Å². The largest absolute Gasteiger partial charge is 0.329 e. The zero-order valence-corrected chi connectivity index (χ0v) is 8.92. The molecule has 0 unspecified atom stereocenters. The van der Waals surface area contributed by atoms with E-state index >= 15 is 0 Å². The number of anilines is 1. The molecular weight excluding hydrogens is 214 g/mol. The molecule has 1 aliphatic carbocycles. The summed E-state index contributed by atoms with van der Waals surface area (Å²) in [6.45, 7) is 0.388. The van der Waals surface area contributed by atoms with Crippen LogP contribution >= 0.6 is 11.6 Å². The molecule has 1 saturated carbocycles. The molecule has 0 bridgehead atoms. The topological polar surface area (TPSA) is 68.0 Å². The lowest BCUT2D eigenvalue weighted by molar-refractivity contribution is -0.120. The molecule has 1 heterocycles. The Hall–Kier alpha value is -1.13. The van der Waals surface area contributed by atoms with Gasteiger partial charge in [0.25, 0.3) is 0 Å². The van der Waals surface area contributed by atoms with Gasteiger partial charge in [-0.2, -0.15) is 0 Å². The zero-order valence-electron chi connectivity index (χ0n) is 8.16. The van der Waals surface area contributed by atoms with Gasteiger partial charge in [0, 0.05) is 6.54 Å². The SMILES string of the molecule is NCC1(C(=O)Nc2cccc(Cl)n2)CC1. The van der Waals surface area contributed by atoms with Gasteiger partial charge in [0.2, 0.25) is 5.91 Å². The van der Waals surface area contributed by atoms with Gasteiger partial charge in [0.15, 0.2) is 0 Å². The molecular formula is C10H12ClN3O.